The SMILES string of the molecule is CCN(CC)CCOC1=NC2=C(CC1)C(=O)c1c(oc3cc(C#N)ccc13)C2(C)C. The minimum atomic E-state index is -0.557. The van der Waals surface area contributed by atoms with E-state index < -0.39 is 5.41 Å². The van der Waals surface area contributed by atoms with Gasteiger partial charge in [-0.15, -0.1) is 0 Å². The number of nitriles is 1. The summed E-state index contributed by atoms with van der Waals surface area (Å²) in [5, 5.41) is 9.95. The first-order valence-corrected chi connectivity index (χ1v) is 10.6. The molecule has 1 aromatic heterocycles. The van der Waals surface area contributed by atoms with Crippen molar-refractivity contribution in [3.63, 3.8) is 0 Å². The molecule has 2 aromatic rings. The van der Waals surface area contributed by atoms with Gasteiger partial charge in [-0.1, -0.05) is 13.8 Å². The zero-order valence-corrected chi connectivity index (χ0v) is 18.0. The third-order valence-electron chi connectivity index (χ3n) is 6.16. The molecule has 6 heteroatoms. The summed E-state index contributed by atoms with van der Waals surface area (Å²) in [6.07, 6.45) is 1.24. The molecule has 0 bridgehead atoms. The fourth-order valence-corrected chi connectivity index (χ4v) is 4.36. The van der Waals surface area contributed by atoms with Gasteiger partial charge in [0.05, 0.1) is 28.3 Å². The molecule has 0 radical (unpaired) electrons. The minimum absolute atomic E-state index is 0.0197. The van der Waals surface area contributed by atoms with Gasteiger partial charge in [0.2, 0.25) is 0 Å². The van der Waals surface area contributed by atoms with E-state index in [9.17, 15) is 10.1 Å². The maximum absolute atomic E-state index is 13.4. The number of allylic oxidation sites excluding steroid dienone is 2. The number of aliphatic imine (C=N–C) groups is 1. The lowest BCUT2D eigenvalue weighted by Crippen LogP contribution is -2.33. The number of likely N-dealkylation sites (N-methyl/N-ethyl adjacent to an activating group) is 1. The lowest BCUT2D eigenvalue weighted by molar-refractivity contribution is 0.101. The molecule has 0 atom stereocenters. The highest BCUT2D eigenvalue weighted by molar-refractivity contribution is 6.19. The summed E-state index contributed by atoms with van der Waals surface area (Å²) in [7, 11) is 0. The minimum Gasteiger partial charge on any atom is -0.479 e. The van der Waals surface area contributed by atoms with Crippen LogP contribution in [0.25, 0.3) is 11.0 Å². The van der Waals surface area contributed by atoms with E-state index in [1.165, 1.54) is 0 Å². The van der Waals surface area contributed by atoms with Gasteiger partial charge in [-0.2, -0.15) is 5.26 Å². The summed E-state index contributed by atoms with van der Waals surface area (Å²) in [6, 6.07) is 7.36. The maximum atomic E-state index is 13.4. The Kier molecular flexibility index (Phi) is 5.25. The first-order valence-electron chi connectivity index (χ1n) is 10.6. The largest absolute Gasteiger partial charge is 0.479 e. The van der Waals surface area contributed by atoms with Crippen LogP contribution in [-0.4, -0.2) is 42.8 Å². The zero-order chi connectivity index (χ0) is 21.5. The Balaban J connectivity index is 1.68. The molecular formula is C24H27N3O3. The Labute approximate surface area is 176 Å². The highest BCUT2D eigenvalue weighted by Gasteiger charge is 2.44. The molecule has 0 N–H and O–H groups in total. The fourth-order valence-electron chi connectivity index (χ4n) is 4.36. The predicted octanol–water partition coefficient (Wildman–Crippen LogP) is 4.58. The average Bonchev–Trinajstić information content (AvgIpc) is 3.15. The summed E-state index contributed by atoms with van der Waals surface area (Å²) in [5.74, 6) is 1.28. The Bertz CT molecular complexity index is 1110. The number of Topliss-reactive ketones (excluding diaryl/α,β-unsaturated/α-hetero) is 1. The molecule has 2 heterocycles. The molecule has 2 aliphatic rings. The molecule has 156 valence electrons. The van der Waals surface area contributed by atoms with Crippen LogP contribution in [0.5, 0.6) is 0 Å². The first kappa shape index (κ1) is 20.4. The monoisotopic (exact) mass is 405 g/mol. The topological polar surface area (TPSA) is 78.8 Å². The van der Waals surface area contributed by atoms with Gasteiger partial charge in [0, 0.05) is 23.9 Å². The number of nitrogens with zero attached hydrogens (tertiary/aromatic N) is 3. The Morgan fingerprint density at radius 1 is 1.27 bits per heavy atom. The van der Waals surface area contributed by atoms with Crippen LogP contribution in [0.2, 0.25) is 0 Å². The van der Waals surface area contributed by atoms with Gasteiger partial charge in [-0.25, -0.2) is 4.99 Å². The number of carbonyl (C=O) groups excluding carboxylic acids is 1. The predicted molar refractivity (Wildman–Crippen MR) is 116 cm³/mol. The van der Waals surface area contributed by atoms with Crippen molar-refractivity contribution in [2.45, 2.75) is 46.0 Å². The fraction of sp³-hybridized carbons (Fsp3) is 0.458. The van der Waals surface area contributed by atoms with Crippen molar-refractivity contribution in [3.05, 3.63) is 46.4 Å². The van der Waals surface area contributed by atoms with Crippen LogP contribution in [0.3, 0.4) is 0 Å². The molecule has 1 aliphatic heterocycles. The third kappa shape index (κ3) is 3.23. The Morgan fingerprint density at radius 2 is 2.03 bits per heavy atom. The molecule has 0 saturated carbocycles. The van der Waals surface area contributed by atoms with Crippen LogP contribution >= 0.6 is 0 Å². The van der Waals surface area contributed by atoms with Crippen molar-refractivity contribution in [3.8, 4) is 6.07 Å². The van der Waals surface area contributed by atoms with Crippen molar-refractivity contribution in [1.82, 2.24) is 4.90 Å². The summed E-state index contributed by atoms with van der Waals surface area (Å²) >= 11 is 0. The molecule has 0 saturated heterocycles. The summed E-state index contributed by atoms with van der Waals surface area (Å²) < 4.78 is 12.1. The van der Waals surface area contributed by atoms with Gasteiger partial charge >= 0.3 is 0 Å². The normalized spacial score (nSPS) is 17.6. The van der Waals surface area contributed by atoms with Crippen molar-refractivity contribution >= 4 is 22.7 Å². The number of furan rings is 1. The van der Waals surface area contributed by atoms with E-state index in [2.05, 4.69) is 24.8 Å². The number of rotatable bonds is 5. The van der Waals surface area contributed by atoms with Crippen LogP contribution in [0, 0.1) is 11.3 Å². The van der Waals surface area contributed by atoms with Crippen LogP contribution in [0.15, 0.2) is 38.9 Å². The van der Waals surface area contributed by atoms with E-state index >= 15 is 0 Å². The van der Waals surface area contributed by atoms with Crippen molar-refractivity contribution < 1.29 is 13.9 Å². The van der Waals surface area contributed by atoms with E-state index in [0.717, 1.165) is 36.3 Å². The van der Waals surface area contributed by atoms with Gasteiger partial charge < -0.3 is 14.1 Å². The molecule has 0 unspecified atom stereocenters. The smallest absolute Gasteiger partial charge is 0.195 e. The number of hydrogen-bond acceptors (Lipinski definition) is 6. The third-order valence-corrected chi connectivity index (χ3v) is 6.16. The van der Waals surface area contributed by atoms with Crippen LogP contribution in [-0.2, 0) is 10.2 Å². The van der Waals surface area contributed by atoms with E-state index in [1.807, 2.05) is 19.9 Å². The van der Waals surface area contributed by atoms with Gasteiger partial charge in [-0.05, 0) is 51.6 Å². The van der Waals surface area contributed by atoms with Crippen molar-refractivity contribution in [2.75, 3.05) is 26.2 Å². The van der Waals surface area contributed by atoms with E-state index in [1.54, 1.807) is 12.1 Å². The van der Waals surface area contributed by atoms with Crippen molar-refractivity contribution in [2.24, 2.45) is 4.99 Å². The van der Waals surface area contributed by atoms with E-state index in [4.69, 9.17) is 14.1 Å². The molecule has 6 nitrogen and oxygen atoms in total. The molecule has 0 amide bonds. The summed E-state index contributed by atoms with van der Waals surface area (Å²) in [6.45, 7) is 11.8. The highest BCUT2D eigenvalue weighted by Crippen LogP contribution is 2.47. The zero-order valence-electron chi connectivity index (χ0n) is 18.0. The van der Waals surface area contributed by atoms with Crippen LogP contribution in [0.4, 0.5) is 0 Å². The van der Waals surface area contributed by atoms with E-state index in [0.29, 0.717) is 47.8 Å². The van der Waals surface area contributed by atoms with Crippen LogP contribution in [0.1, 0.15) is 62.2 Å². The molecule has 1 aromatic carbocycles. The van der Waals surface area contributed by atoms with Gasteiger partial charge in [-0.3, -0.25) is 4.79 Å². The highest BCUT2D eigenvalue weighted by atomic mass is 16.5. The van der Waals surface area contributed by atoms with Crippen LogP contribution < -0.4 is 0 Å². The number of fused-ring (bicyclic) bond motifs is 3. The molecule has 0 spiro atoms. The number of ether oxygens (including phenoxy) is 1. The number of ketones is 1. The first-order chi connectivity index (χ1) is 14.4. The number of carbonyl (C=O) groups is 1. The molecule has 4 rings (SSSR count). The van der Waals surface area contributed by atoms with Gasteiger partial charge in [0.15, 0.2) is 11.7 Å². The second-order valence-electron chi connectivity index (χ2n) is 8.29. The molecular weight excluding hydrogens is 378 g/mol. The lowest BCUT2D eigenvalue weighted by atomic mass is 9.73. The summed E-state index contributed by atoms with van der Waals surface area (Å²) in [5.41, 5.74) is 2.62. The number of benzene rings is 1. The maximum Gasteiger partial charge on any atom is 0.195 e. The Hall–Kier alpha value is -2.91. The van der Waals surface area contributed by atoms with Crippen molar-refractivity contribution in [1.29, 1.82) is 5.26 Å². The second-order valence-corrected chi connectivity index (χ2v) is 8.29. The summed E-state index contributed by atoms with van der Waals surface area (Å²) in [4.78, 5) is 20.4. The second kappa shape index (κ2) is 7.73. The average molecular weight is 405 g/mol. The number of hydrogen-bond donors (Lipinski definition) is 0. The molecule has 0 fully saturated rings. The molecule has 1 aliphatic carbocycles. The van der Waals surface area contributed by atoms with E-state index in [-0.39, 0.29) is 5.78 Å². The van der Waals surface area contributed by atoms with Gasteiger partial charge in [0.25, 0.3) is 0 Å². The Morgan fingerprint density at radius 3 is 2.73 bits per heavy atom. The quantitative estimate of drug-likeness (QED) is 0.727. The lowest BCUT2D eigenvalue weighted by Gasteiger charge is -2.33. The standard InChI is InChI=1S/C24H27N3O3/c1-5-27(6-2)11-12-29-19-10-9-17-21(28)20-16-8-7-15(14-25)13-18(16)30-23(20)24(3,4)22(17)26-19/h7-8,13H,5-6,9-12H2,1-4H3. The molecule has 30 heavy (non-hydrogen) atoms. The van der Waals surface area contributed by atoms with Gasteiger partial charge in [0.1, 0.15) is 18.0 Å².